The van der Waals surface area contributed by atoms with Gasteiger partial charge in [-0.05, 0) is 70.8 Å². The average molecular weight is 262 g/mol. The molecule has 0 N–H and O–H groups in total. The highest BCUT2D eigenvalue weighted by atomic mass is 16.5. The molecule has 1 heteroatoms. The number of ether oxygens (including phenoxy) is 1. The fraction of sp³-hybridized carbons (Fsp3) is 0.444. The predicted octanol–water partition coefficient (Wildman–Crippen LogP) is 5.98. The van der Waals surface area contributed by atoms with Gasteiger partial charge in [0.2, 0.25) is 0 Å². The van der Waals surface area contributed by atoms with Gasteiger partial charge < -0.3 is 4.74 Å². The first kappa shape index (κ1) is 19.8. The Hall–Kier alpha value is -1.50. The van der Waals surface area contributed by atoms with Gasteiger partial charge in [-0.2, -0.15) is 0 Å². The SMILES string of the molecule is C/C=C(C)\C(C)=C/OC.C\C=C/C(C)=C(C)\C=C/C. The quantitative estimate of drug-likeness (QED) is 0.447. The van der Waals surface area contributed by atoms with Crippen LogP contribution in [0.25, 0.3) is 0 Å². The third kappa shape index (κ3) is 11.3. The molecule has 1 nitrogen and oxygen atoms in total. The van der Waals surface area contributed by atoms with Crippen LogP contribution in [0, 0.1) is 0 Å². The second-order valence-electron chi connectivity index (χ2n) is 4.37. The number of allylic oxidation sites excluding steroid dienone is 9. The molecular formula is C18H30O. The Labute approximate surface area is 120 Å². The lowest BCUT2D eigenvalue weighted by atomic mass is 10.1. The molecule has 19 heavy (non-hydrogen) atoms. The molecule has 0 aliphatic heterocycles. The van der Waals surface area contributed by atoms with Crippen LogP contribution in [0.2, 0.25) is 0 Å². The van der Waals surface area contributed by atoms with Crippen LogP contribution in [-0.4, -0.2) is 7.11 Å². The Morgan fingerprint density at radius 2 is 1.16 bits per heavy atom. The van der Waals surface area contributed by atoms with E-state index in [9.17, 15) is 0 Å². The van der Waals surface area contributed by atoms with Crippen molar-refractivity contribution in [3.63, 3.8) is 0 Å². The zero-order valence-corrected chi connectivity index (χ0v) is 13.9. The molecule has 0 saturated carbocycles. The zero-order valence-electron chi connectivity index (χ0n) is 13.9. The van der Waals surface area contributed by atoms with Crippen LogP contribution in [0.5, 0.6) is 0 Å². The molecule has 0 aromatic rings. The normalized spacial score (nSPS) is 14.3. The van der Waals surface area contributed by atoms with Gasteiger partial charge in [-0.25, -0.2) is 0 Å². The molecule has 0 spiro atoms. The second-order valence-corrected chi connectivity index (χ2v) is 4.37. The molecule has 0 aromatic carbocycles. The number of rotatable bonds is 4. The first-order valence-corrected chi connectivity index (χ1v) is 6.70. The van der Waals surface area contributed by atoms with Crippen molar-refractivity contribution in [3.05, 3.63) is 58.9 Å². The van der Waals surface area contributed by atoms with Gasteiger partial charge in [0.1, 0.15) is 0 Å². The summed E-state index contributed by atoms with van der Waals surface area (Å²) in [5, 5.41) is 0. The highest BCUT2D eigenvalue weighted by molar-refractivity contribution is 5.29. The third-order valence-corrected chi connectivity index (χ3v) is 2.80. The van der Waals surface area contributed by atoms with Crippen LogP contribution in [-0.2, 0) is 4.74 Å². The minimum atomic E-state index is 1.18. The van der Waals surface area contributed by atoms with E-state index in [1.165, 1.54) is 22.3 Å². The summed E-state index contributed by atoms with van der Waals surface area (Å²) >= 11 is 0. The van der Waals surface area contributed by atoms with E-state index < -0.39 is 0 Å². The molecule has 0 amide bonds. The Morgan fingerprint density at radius 1 is 0.737 bits per heavy atom. The van der Waals surface area contributed by atoms with Crippen molar-refractivity contribution >= 4 is 0 Å². The largest absolute Gasteiger partial charge is 0.504 e. The van der Waals surface area contributed by atoms with Gasteiger partial charge in [0, 0.05) is 0 Å². The smallest absolute Gasteiger partial charge is 0.0856 e. The van der Waals surface area contributed by atoms with E-state index in [1.807, 2.05) is 27.7 Å². The summed E-state index contributed by atoms with van der Waals surface area (Å²) in [6.45, 7) is 14.4. The molecule has 0 aromatic heterocycles. The van der Waals surface area contributed by atoms with Gasteiger partial charge in [-0.1, -0.05) is 30.4 Å². The van der Waals surface area contributed by atoms with Crippen LogP contribution in [0.4, 0.5) is 0 Å². The molecule has 108 valence electrons. The Morgan fingerprint density at radius 3 is 1.42 bits per heavy atom. The van der Waals surface area contributed by atoms with Crippen LogP contribution < -0.4 is 0 Å². The van der Waals surface area contributed by atoms with Crippen molar-refractivity contribution in [1.29, 1.82) is 0 Å². The summed E-state index contributed by atoms with van der Waals surface area (Å²) in [5.74, 6) is 0. The summed E-state index contributed by atoms with van der Waals surface area (Å²) in [6.07, 6.45) is 12.2. The van der Waals surface area contributed by atoms with E-state index in [-0.39, 0.29) is 0 Å². The minimum absolute atomic E-state index is 1.18. The third-order valence-electron chi connectivity index (χ3n) is 2.80. The number of hydrogen-bond donors (Lipinski definition) is 0. The van der Waals surface area contributed by atoms with E-state index in [0.29, 0.717) is 0 Å². The van der Waals surface area contributed by atoms with Gasteiger partial charge in [0.25, 0.3) is 0 Å². The van der Waals surface area contributed by atoms with Crippen molar-refractivity contribution in [2.24, 2.45) is 0 Å². The van der Waals surface area contributed by atoms with Gasteiger partial charge in [-0.15, -0.1) is 0 Å². The summed E-state index contributed by atoms with van der Waals surface area (Å²) in [6, 6.07) is 0. The zero-order chi connectivity index (χ0) is 15.3. The van der Waals surface area contributed by atoms with Gasteiger partial charge in [-0.3, -0.25) is 0 Å². The highest BCUT2D eigenvalue weighted by Gasteiger charge is 1.88. The van der Waals surface area contributed by atoms with Crippen molar-refractivity contribution in [1.82, 2.24) is 0 Å². The van der Waals surface area contributed by atoms with E-state index in [0.717, 1.165) is 0 Å². The maximum absolute atomic E-state index is 4.82. The van der Waals surface area contributed by atoms with E-state index in [4.69, 9.17) is 4.74 Å². The summed E-state index contributed by atoms with van der Waals surface area (Å²) < 4.78 is 4.82. The lowest BCUT2D eigenvalue weighted by molar-refractivity contribution is 0.334. The molecule has 0 aliphatic rings. The van der Waals surface area contributed by atoms with Gasteiger partial charge in [0.05, 0.1) is 13.4 Å². The van der Waals surface area contributed by atoms with Gasteiger partial charge >= 0.3 is 0 Å². The monoisotopic (exact) mass is 262 g/mol. The minimum Gasteiger partial charge on any atom is -0.504 e. The molecule has 0 atom stereocenters. The second kappa shape index (κ2) is 12.9. The lowest BCUT2D eigenvalue weighted by Gasteiger charge is -1.97. The maximum atomic E-state index is 4.82. The summed E-state index contributed by atoms with van der Waals surface area (Å²) in [4.78, 5) is 0. The highest BCUT2D eigenvalue weighted by Crippen LogP contribution is 2.06. The molecule has 0 heterocycles. The molecule has 0 unspecified atom stereocenters. The van der Waals surface area contributed by atoms with E-state index in [2.05, 4.69) is 51.2 Å². The van der Waals surface area contributed by atoms with E-state index >= 15 is 0 Å². The van der Waals surface area contributed by atoms with Crippen molar-refractivity contribution in [2.45, 2.75) is 48.5 Å². The van der Waals surface area contributed by atoms with Crippen molar-refractivity contribution in [2.75, 3.05) is 7.11 Å². The summed E-state index contributed by atoms with van der Waals surface area (Å²) in [7, 11) is 1.66. The Balaban J connectivity index is 0. The number of hydrogen-bond acceptors (Lipinski definition) is 1. The lowest BCUT2D eigenvalue weighted by Crippen LogP contribution is -1.79. The molecule has 0 aliphatic carbocycles. The molecular weight excluding hydrogens is 232 g/mol. The summed E-state index contributed by atoms with van der Waals surface area (Å²) in [5.41, 5.74) is 5.11. The number of methoxy groups -OCH3 is 1. The van der Waals surface area contributed by atoms with Crippen molar-refractivity contribution < 1.29 is 4.74 Å². The topological polar surface area (TPSA) is 9.23 Å². The van der Waals surface area contributed by atoms with Crippen LogP contribution in [0.3, 0.4) is 0 Å². The molecule has 0 rings (SSSR count). The Bertz CT molecular complexity index is 356. The first-order chi connectivity index (χ1) is 8.94. The predicted molar refractivity (Wildman–Crippen MR) is 88.2 cm³/mol. The fourth-order valence-corrected chi connectivity index (χ4v) is 1.26. The van der Waals surface area contributed by atoms with Crippen LogP contribution in [0.15, 0.2) is 58.9 Å². The maximum Gasteiger partial charge on any atom is 0.0856 e. The van der Waals surface area contributed by atoms with E-state index in [1.54, 1.807) is 13.4 Å². The first-order valence-electron chi connectivity index (χ1n) is 6.70. The van der Waals surface area contributed by atoms with Gasteiger partial charge in [0.15, 0.2) is 0 Å². The van der Waals surface area contributed by atoms with Crippen molar-refractivity contribution in [3.8, 4) is 0 Å². The average Bonchev–Trinajstić information content (AvgIpc) is 2.39. The molecule has 0 saturated heterocycles. The molecule has 0 bridgehead atoms. The van der Waals surface area contributed by atoms with Crippen LogP contribution >= 0.6 is 0 Å². The van der Waals surface area contributed by atoms with Crippen LogP contribution in [0.1, 0.15) is 48.5 Å². The standard InChI is InChI=1S/C10H16.C8H14O/c1-5-7-9(3)10(4)8-6-2;1-5-7(2)8(3)6-9-4/h5-8H,1-4H3;5-6H,1-4H3/b7-5-,8-6-,10-9-;7-5-,8-6-. The fourth-order valence-electron chi connectivity index (χ4n) is 1.26. The Kier molecular flexibility index (Phi) is 13.5. The molecule has 0 radical (unpaired) electrons. The molecule has 0 fully saturated rings.